The van der Waals surface area contributed by atoms with Gasteiger partial charge in [0.15, 0.2) is 11.5 Å². The molecule has 0 aromatic heterocycles. The molecule has 3 aliphatic heterocycles. The van der Waals surface area contributed by atoms with Crippen molar-refractivity contribution in [1.29, 1.82) is 0 Å². The second-order valence-electron chi connectivity index (χ2n) is 8.81. The first-order valence-electron chi connectivity index (χ1n) is 11.6. The summed E-state index contributed by atoms with van der Waals surface area (Å²) in [6.07, 6.45) is 0.719. The normalized spacial score (nSPS) is 19.4. The Morgan fingerprint density at radius 1 is 0.972 bits per heavy atom. The van der Waals surface area contributed by atoms with E-state index in [4.69, 9.17) is 18.9 Å². The monoisotopic (exact) mass is 485 g/mol. The Morgan fingerprint density at radius 3 is 2.56 bits per heavy atom. The first-order chi connectivity index (χ1) is 17.5. The van der Waals surface area contributed by atoms with Crippen LogP contribution in [-0.4, -0.2) is 42.2 Å². The quantitative estimate of drug-likeness (QED) is 0.332. The minimum atomic E-state index is -0.786. The second-order valence-corrected chi connectivity index (χ2v) is 8.81. The minimum Gasteiger partial charge on any atom is -0.507 e. The van der Waals surface area contributed by atoms with E-state index in [0.29, 0.717) is 35.0 Å². The SMILES string of the molecule is COc1ccc(C2/C(=C(\O)c3ccc4c(c3)CCO4)C(=O)C(=O)N2Cc2ccc3c(c2)OCO3)cc1. The number of fused-ring (bicyclic) bond motifs is 2. The lowest BCUT2D eigenvalue weighted by Gasteiger charge is -2.25. The molecule has 0 aliphatic carbocycles. The number of likely N-dealkylation sites (tertiary alicyclic amines) is 1. The van der Waals surface area contributed by atoms with Crippen LogP contribution in [0.2, 0.25) is 0 Å². The van der Waals surface area contributed by atoms with Gasteiger partial charge in [0, 0.05) is 18.5 Å². The number of aliphatic hydroxyl groups is 1. The van der Waals surface area contributed by atoms with E-state index in [-0.39, 0.29) is 24.7 Å². The van der Waals surface area contributed by atoms with Gasteiger partial charge in [0.05, 0.1) is 25.3 Å². The summed E-state index contributed by atoms with van der Waals surface area (Å²) in [5.41, 5.74) is 2.93. The molecule has 6 rings (SSSR count). The third-order valence-electron chi connectivity index (χ3n) is 6.72. The highest BCUT2D eigenvalue weighted by Crippen LogP contribution is 2.42. The van der Waals surface area contributed by atoms with E-state index in [0.717, 1.165) is 23.3 Å². The lowest BCUT2D eigenvalue weighted by Crippen LogP contribution is -2.29. The number of aliphatic hydroxyl groups excluding tert-OH is 1. The standard InChI is InChI=1S/C28H23NO7/c1-33-20-6-3-17(4-7-20)25-24(26(30)19-5-9-21-18(13-19)10-11-34-21)27(31)28(32)29(25)14-16-2-8-22-23(12-16)36-15-35-22/h2-9,12-13,25,30H,10-11,14-15H2,1H3/b26-24+. The Bertz CT molecular complexity index is 1410. The van der Waals surface area contributed by atoms with Gasteiger partial charge in [0.1, 0.15) is 17.3 Å². The molecule has 1 amide bonds. The smallest absolute Gasteiger partial charge is 0.295 e. The average molecular weight is 485 g/mol. The van der Waals surface area contributed by atoms with Crippen LogP contribution in [0.15, 0.2) is 66.2 Å². The Hall–Kier alpha value is -4.46. The number of ketones is 1. The Balaban J connectivity index is 1.45. The van der Waals surface area contributed by atoms with Gasteiger partial charge in [-0.3, -0.25) is 9.59 Å². The molecule has 1 fully saturated rings. The van der Waals surface area contributed by atoms with Gasteiger partial charge in [-0.05, 0) is 59.2 Å². The molecule has 3 aliphatic rings. The summed E-state index contributed by atoms with van der Waals surface area (Å²) >= 11 is 0. The van der Waals surface area contributed by atoms with Gasteiger partial charge in [0.25, 0.3) is 11.7 Å². The van der Waals surface area contributed by atoms with Crippen LogP contribution in [0.25, 0.3) is 5.76 Å². The van der Waals surface area contributed by atoms with Crippen molar-refractivity contribution in [2.75, 3.05) is 20.5 Å². The number of hydrogen-bond acceptors (Lipinski definition) is 7. The van der Waals surface area contributed by atoms with E-state index < -0.39 is 17.7 Å². The Labute approximate surface area is 207 Å². The summed E-state index contributed by atoms with van der Waals surface area (Å²) in [6, 6.07) is 17.1. The summed E-state index contributed by atoms with van der Waals surface area (Å²) in [4.78, 5) is 28.1. The van der Waals surface area contributed by atoms with E-state index in [1.165, 1.54) is 4.90 Å². The van der Waals surface area contributed by atoms with Crippen LogP contribution < -0.4 is 18.9 Å². The highest BCUT2D eigenvalue weighted by molar-refractivity contribution is 6.46. The van der Waals surface area contributed by atoms with Crippen molar-refractivity contribution in [2.45, 2.75) is 19.0 Å². The Kier molecular flexibility index (Phi) is 5.29. The fourth-order valence-electron chi connectivity index (χ4n) is 4.90. The summed E-state index contributed by atoms with van der Waals surface area (Å²) in [5.74, 6) is 1.01. The van der Waals surface area contributed by atoms with Crippen molar-refractivity contribution in [3.63, 3.8) is 0 Å². The van der Waals surface area contributed by atoms with E-state index in [2.05, 4.69) is 0 Å². The van der Waals surface area contributed by atoms with Crippen LogP contribution in [0.1, 0.15) is 28.3 Å². The maximum atomic E-state index is 13.3. The van der Waals surface area contributed by atoms with Gasteiger partial charge in [-0.15, -0.1) is 0 Å². The molecule has 3 aromatic rings. The molecule has 3 aromatic carbocycles. The molecule has 0 bridgehead atoms. The highest BCUT2D eigenvalue weighted by Gasteiger charge is 2.46. The Morgan fingerprint density at radius 2 is 1.75 bits per heavy atom. The topological polar surface area (TPSA) is 94.5 Å². The van der Waals surface area contributed by atoms with Gasteiger partial charge in [-0.25, -0.2) is 0 Å². The van der Waals surface area contributed by atoms with Crippen LogP contribution >= 0.6 is 0 Å². The third kappa shape index (κ3) is 3.62. The molecule has 182 valence electrons. The summed E-state index contributed by atoms with van der Waals surface area (Å²) < 4.78 is 21.7. The lowest BCUT2D eigenvalue weighted by atomic mass is 9.94. The number of methoxy groups -OCH3 is 1. The van der Waals surface area contributed by atoms with E-state index in [9.17, 15) is 14.7 Å². The van der Waals surface area contributed by atoms with Gasteiger partial charge < -0.3 is 29.0 Å². The molecule has 8 nitrogen and oxygen atoms in total. The lowest BCUT2D eigenvalue weighted by molar-refractivity contribution is -0.140. The number of Topliss-reactive ketones (excluding diaryl/α,β-unsaturated/α-hetero) is 1. The molecular formula is C28H23NO7. The van der Waals surface area contributed by atoms with Crippen LogP contribution in [0, 0.1) is 0 Å². The van der Waals surface area contributed by atoms with E-state index >= 15 is 0 Å². The summed E-state index contributed by atoms with van der Waals surface area (Å²) in [7, 11) is 1.57. The van der Waals surface area contributed by atoms with Gasteiger partial charge >= 0.3 is 0 Å². The number of nitrogens with zero attached hydrogens (tertiary/aromatic N) is 1. The maximum Gasteiger partial charge on any atom is 0.295 e. The maximum absolute atomic E-state index is 13.3. The van der Waals surface area contributed by atoms with Crippen LogP contribution in [0.3, 0.4) is 0 Å². The summed E-state index contributed by atoms with van der Waals surface area (Å²) in [6.45, 7) is 0.860. The van der Waals surface area contributed by atoms with Crippen LogP contribution in [0.4, 0.5) is 0 Å². The van der Waals surface area contributed by atoms with Crippen molar-refractivity contribution in [1.82, 2.24) is 4.90 Å². The van der Waals surface area contributed by atoms with Crippen molar-refractivity contribution in [3.8, 4) is 23.0 Å². The molecule has 0 radical (unpaired) electrons. The van der Waals surface area contributed by atoms with Crippen molar-refractivity contribution >= 4 is 17.4 Å². The fraction of sp³-hybridized carbons (Fsp3) is 0.214. The van der Waals surface area contributed by atoms with Crippen molar-refractivity contribution < 1.29 is 33.6 Å². The molecule has 1 atom stereocenters. The third-order valence-corrected chi connectivity index (χ3v) is 6.72. The average Bonchev–Trinajstić information content (AvgIpc) is 3.63. The number of carbonyl (C=O) groups is 2. The first-order valence-corrected chi connectivity index (χ1v) is 11.6. The number of ether oxygens (including phenoxy) is 4. The number of carbonyl (C=O) groups excluding carboxylic acids is 2. The molecular weight excluding hydrogens is 462 g/mol. The minimum absolute atomic E-state index is 0.0461. The fourth-order valence-corrected chi connectivity index (χ4v) is 4.90. The zero-order chi connectivity index (χ0) is 24.8. The first kappa shape index (κ1) is 22.0. The van der Waals surface area contributed by atoms with Crippen LogP contribution in [0.5, 0.6) is 23.0 Å². The molecule has 8 heteroatoms. The molecule has 1 N–H and O–H groups in total. The zero-order valence-corrected chi connectivity index (χ0v) is 19.5. The molecule has 3 heterocycles. The second kappa shape index (κ2) is 8.64. The number of rotatable bonds is 5. The van der Waals surface area contributed by atoms with E-state index in [1.54, 1.807) is 55.6 Å². The van der Waals surface area contributed by atoms with Crippen molar-refractivity contribution in [2.24, 2.45) is 0 Å². The van der Waals surface area contributed by atoms with Gasteiger partial charge in [-0.1, -0.05) is 18.2 Å². The van der Waals surface area contributed by atoms with E-state index in [1.807, 2.05) is 12.1 Å². The zero-order valence-electron chi connectivity index (χ0n) is 19.5. The predicted octanol–water partition coefficient (Wildman–Crippen LogP) is 3.98. The van der Waals surface area contributed by atoms with Gasteiger partial charge in [-0.2, -0.15) is 0 Å². The molecule has 0 saturated carbocycles. The largest absolute Gasteiger partial charge is 0.507 e. The highest BCUT2D eigenvalue weighted by atomic mass is 16.7. The molecule has 1 unspecified atom stereocenters. The van der Waals surface area contributed by atoms with Gasteiger partial charge in [0.2, 0.25) is 6.79 Å². The predicted molar refractivity (Wildman–Crippen MR) is 129 cm³/mol. The molecule has 1 saturated heterocycles. The summed E-state index contributed by atoms with van der Waals surface area (Å²) in [5, 5.41) is 11.4. The number of hydrogen-bond donors (Lipinski definition) is 1. The molecule has 36 heavy (non-hydrogen) atoms. The van der Waals surface area contributed by atoms with Crippen LogP contribution in [-0.2, 0) is 22.6 Å². The molecule has 0 spiro atoms. The number of benzene rings is 3. The number of amides is 1. The van der Waals surface area contributed by atoms with Crippen molar-refractivity contribution in [3.05, 3.63) is 88.5 Å².